The lowest BCUT2D eigenvalue weighted by Crippen LogP contribution is -2.51. The molecule has 0 aromatic heterocycles. The van der Waals surface area contributed by atoms with Gasteiger partial charge in [-0.05, 0) is 96.5 Å². The number of nitrogens with two attached hydrogens (primary N) is 2. The van der Waals surface area contributed by atoms with E-state index in [-0.39, 0.29) is 35.7 Å². The Balaban J connectivity index is 1.52. The maximum absolute atomic E-state index is 14.8. The Morgan fingerprint density at radius 2 is 1.67 bits per heavy atom. The highest BCUT2D eigenvalue weighted by Gasteiger charge is 2.52. The number of nitrogens with one attached hydrogen (secondary N) is 2. The van der Waals surface area contributed by atoms with Crippen LogP contribution in [0.15, 0.2) is 76.8 Å². The molecule has 260 valence electrons. The molecule has 0 saturated heterocycles. The molecule has 3 aromatic rings. The number of hydrazone groups is 1. The van der Waals surface area contributed by atoms with E-state index < -0.39 is 5.66 Å². The lowest BCUT2D eigenvalue weighted by molar-refractivity contribution is -0.133. The number of aliphatic imine (C=N–C) groups is 1. The van der Waals surface area contributed by atoms with E-state index in [4.69, 9.17) is 39.8 Å². The minimum absolute atomic E-state index is 0.0515. The SMILES string of the molecule is CCCC[C@H](c1ccc(C(=O)NC/C(N)=N/NN)cc1)N1C(=O)C(c2cccc(-c3cc(Cl)cc(Cl)c3)c2)=NC12CCC(C(C)(C)C)CC2. The van der Waals surface area contributed by atoms with Crippen molar-refractivity contribution in [2.24, 2.45) is 33.0 Å². The molecule has 1 aliphatic heterocycles. The van der Waals surface area contributed by atoms with Crippen molar-refractivity contribution in [3.05, 3.63) is 93.5 Å². The van der Waals surface area contributed by atoms with Crippen LogP contribution < -0.4 is 22.4 Å². The number of halogens is 2. The largest absolute Gasteiger partial charge is 0.384 e. The van der Waals surface area contributed by atoms with Crippen LogP contribution in [0.1, 0.15) is 100 Å². The third kappa shape index (κ3) is 8.28. The normalized spacial score (nSPS) is 20.3. The standard InChI is InChI=1S/C38H47Cl2N7O2/c1-5-6-10-32(24-11-13-25(14-12-24)35(48)43-23-33(41)45-46-42)47-36(49)34(44-38(47)17-15-29(16-18-38)37(2,3)4)27-9-7-8-26(19-27)28-20-30(39)22-31(40)21-28/h7-9,11-14,19-22,29,32,46H,5-6,10,15-18,23,42H2,1-4H3,(H2,41,45)(H,43,48)/t29?,32-,38?/m1/s1. The molecule has 1 atom stereocenters. The zero-order chi connectivity index (χ0) is 35.3. The van der Waals surface area contributed by atoms with Crippen LogP contribution >= 0.6 is 23.2 Å². The number of amides is 2. The molecule has 6 N–H and O–H groups in total. The van der Waals surface area contributed by atoms with Crippen LogP contribution in [-0.4, -0.2) is 40.5 Å². The minimum atomic E-state index is -0.661. The van der Waals surface area contributed by atoms with Gasteiger partial charge in [0.1, 0.15) is 17.2 Å². The molecule has 0 bridgehead atoms. The lowest BCUT2D eigenvalue weighted by atomic mass is 9.69. The van der Waals surface area contributed by atoms with E-state index in [2.05, 4.69) is 48.5 Å². The molecule has 3 aromatic carbocycles. The fourth-order valence-electron chi connectivity index (χ4n) is 7.19. The van der Waals surface area contributed by atoms with Gasteiger partial charge in [0.05, 0.1) is 12.6 Å². The predicted octanol–water partition coefficient (Wildman–Crippen LogP) is 7.62. The van der Waals surface area contributed by atoms with Crippen molar-refractivity contribution in [3.8, 4) is 11.1 Å². The summed E-state index contributed by atoms with van der Waals surface area (Å²) in [7, 11) is 0. The highest BCUT2D eigenvalue weighted by atomic mass is 35.5. The van der Waals surface area contributed by atoms with Gasteiger partial charge < -0.3 is 16.0 Å². The summed E-state index contributed by atoms with van der Waals surface area (Å²) in [4.78, 5) is 35.2. The molecule has 1 saturated carbocycles. The van der Waals surface area contributed by atoms with Crippen molar-refractivity contribution in [2.75, 3.05) is 6.54 Å². The predicted molar refractivity (Wildman–Crippen MR) is 199 cm³/mol. The third-order valence-electron chi connectivity index (χ3n) is 9.87. The minimum Gasteiger partial charge on any atom is -0.384 e. The van der Waals surface area contributed by atoms with E-state index in [9.17, 15) is 9.59 Å². The molecule has 11 heteroatoms. The Kier molecular flexibility index (Phi) is 11.4. The number of benzene rings is 3. The van der Waals surface area contributed by atoms with E-state index in [1.807, 2.05) is 48.5 Å². The number of carbonyl (C=O) groups is 2. The highest BCUT2D eigenvalue weighted by molar-refractivity contribution is 6.47. The van der Waals surface area contributed by atoms with Crippen LogP contribution in [-0.2, 0) is 4.79 Å². The van der Waals surface area contributed by atoms with E-state index in [1.54, 1.807) is 18.2 Å². The molecule has 1 fully saturated rings. The first-order valence-corrected chi connectivity index (χ1v) is 17.8. The average Bonchev–Trinajstić information content (AvgIpc) is 3.34. The summed E-state index contributed by atoms with van der Waals surface area (Å²) >= 11 is 12.7. The van der Waals surface area contributed by atoms with Crippen molar-refractivity contribution in [1.29, 1.82) is 0 Å². The maximum atomic E-state index is 14.8. The van der Waals surface area contributed by atoms with Gasteiger partial charge in [-0.15, -0.1) is 0 Å². The summed E-state index contributed by atoms with van der Waals surface area (Å²) in [5.74, 6) is 5.51. The van der Waals surface area contributed by atoms with Crippen LogP contribution in [0.5, 0.6) is 0 Å². The zero-order valence-electron chi connectivity index (χ0n) is 28.7. The summed E-state index contributed by atoms with van der Waals surface area (Å²) < 4.78 is 0. The fraction of sp³-hybridized carbons (Fsp3) is 0.421. The number of nitrogens with zero attached hydrogens (tertiary/aromatic N) is 3. The van der Waals surface area contributed by atoms with Crippen molar-refractivity contribution < 1.29 is 9.59 Å². The van der Waals surface area contributed by atoms with Crippen LogP contribution in [0.4, 0.5) is 0 Å². The monoisotopic (exact) mass is 703 g/mol. The Labute approximate surface area is 299 Å². The third-order valence-corrected chi connectivity index (χ3v) is 10.3. The second kappa shape index (κ2) is 15.3. The van der Waals surface area contributed by atoms with Crippen LogP contribution in [0.25, 0.3) is 11.1 Å². The summed E-state index contributed by atoms with van der Waals surface area (Å²) in [6, 6.07) is 20.6. The number of carbonyl (C=O) groups excluding carboxylic acids is 2. The lowest BCUT2D eigenvalue weighted by Gasteiger charge is -2.47. The van der Waals surface area contributed by atoms with Gasteiger partial charge in [-0.1, -0.05) is 94.1 Å². The number of unbranched alkanes of at least 4 members (excludes halogenated alkanes) is 1. The second-order valence-electron chi connectivity index (χ2n) is 14.2. The van der Waals surface area contributed by atoms with Gasteiger partial charge >= 0.3 is 0 Å². The topological polar surface area (TPSA) is 138 Å². The Hall–Kier alpha value is -3.92. The van der Waals surface area contributed by atoms with Crippen molar-refractivity contribution in [2.45, 2.75) is 84.3 Å². The molecule has 1 aliphatic carbocycles. The van der Waals surface area contributed by atoms with Gasteiger partial charge in [0.2, 0.25) is 0 Å². The van der Waals surface area contributed by atoms with Crippen molar-refractivity contribution in [3.63, 3.8) is 0 Å². The first-order valence-electron chi connectivity index (χ1n) is 17.0. The quantitative estimate of drug-likeness (QED) is 0.0704. The highest BCUT2D eigenvalue weighted by Crippen LogP contribution is 2.50. The van der Waals surface area contributed by atoms with Crippen LogP contribution in [0.3, 0.4) is 0 Å². The molecule has 2 amide bonds. The second-order valence-corrected chi connectivity index (χ2v) is 15.1. The first-order chi connectivity index (χ1) is 23.3. The molecule has 1 spiro atoms. The van der Waals surface area contributed by atoms with Gasteiger partial charge in [0.25, 0.3) is 11.8 Å². The van der Waals surface area contributed by atoms with Crippen LogP contribution in [0.2, 0.25) is 10.0 Å². The van der Waals surface area contributed by atoms with Crippen molar-refractivity contribution in [1.82, 2.24) is 15.8 Å². The van der Waals surface area contributed by atoms with E-state index in [0.717, 1.165) is 67.2 Å². The summed E-state index contributed by atoms with van der Waals surface area (Å²) in [5.41, 5.74) is 11.9. The van der Waals surface area contributed by atoms with E-state index in [1.165, 1.54) is 0 Å². The molecule has 9 nitrogen and oxygen atoms in total. The number of rotatable bonds is 11. The van der Waals surface area contributed by atoms with Gasteiger partial charge in [0.15, 0.2) is 0 Å². The molecule has 0 unspecified atom stereocenters. The van der Waals surface area contributed by atoms with Crippen molar-refractivity contribution >= 4 is 46.6 Å². The Morgan fingerprint density at radius 3 is 2.29 bits per heavy atom. The summed E-state index contributed by atoms with van der Waals surface area (Å²) in [6.07, 6.45) is 6.24. The van der Waals surface area contributed by atoms with Gasteiger partial charge in [-0.2, -0.15) is 5.10 Å². The first kappa shape index (κ1) is 36.4. The summed E-state index contributed by atoms with van der Waals surface area (Å²) in [5, 5.41) is 7.52. The number of hydrazine groups is 1. The van der Waals surface area contributed by atoms with Gasteiger partial charge in [-0.3, -0.25) is 14.6 Å². The molecule has 5 rings (SSSR count). The zero-order valence-corrected chi connectivity index (χ0v) is 30.2. The Morgan fingerprint density at radius 1 is 1.02 bits per heavy atom. The average molecular weight is 705 g/mol. The smallest absolute Gasteiger partial charge is 0.275 e. The fourth-order valence-corrected chi connectivity index (χ4v) is 7.72. The molecule has 2 aliphatic rings. The molecule has 1 heterocycles. The van der Waals surface area contributed by atoms with E-state index in [0.29, 0.717) is 27.2 Å². The molecular formula is C38H47Cl2N7O2. The number of hydrogen-bond donors (Lipinski definition) is 4. The van der Waals surface area contributed by atoms with Gasteiger partial charge in [0, 0.05) is 21.2 Å². The van der Waals surface area contributed by atoms with Gasteiger partial charge in [-0.25, -0.2) is 11.4 Å². The summed E-state index contributed by atoms with van der Waals surface area (Å²) in [6.45, 7) is 9.11. The Bertz CT molecular complexity index is 1700. The molecule has 0 radical (unpaired) electrons. The number of hydrogen-bond acceptors (Lipinski definition) is 6. The van der Waals surface area contributed by atoms with E-state index >= 15 is 0 Å². The van der Waals surface area contributed by atoms with Crippen LogP contribution in [0, 0.1) is 11.3 Å². The molecule has 49 heavy (non-hydrogen) atoms. The molecular weight excluding hydrogens is 657 g/mol. The maximum Gasteiger partial charge on any atom is 0.275 e. The number of amidine groups is 1.